The van der Waals surface area contributed by atoms with Gasteiger partial charge in [0.1, 0.15) is 5.76 Å². The third-order valence-electron chi connectivity index (χ3n) is 3.87. The highest BCUT2D eigenvalue weighted by Gasteiger charge is 2.30. The van der Waals surface area contributed by atoms with Crippen molar-refractivity contribution in [3.8, 4) is 0 Å². The van der Waals surface area contributed by atoms with Gasteiger partial charge in [0.05, 0.1) is 17.3 Å². The predicted molar refractivity (Wildman–Crippen MR) is 82.3 cm³/mol. The van der Waals surface area contributed by atoms with Crippen molar-refractivity contribution in [2.45, 2.75) is 45.8 Å². The fraction of sp³-hybridized carbons (Fsp3) is 0.412. The van der Waals surface area contributed by atoms with Crippen LogP contribution in [0.5, 0.6) is 0 Å². The topological polar surface area (TPSA) is 55.1 Å². The highest BCUT2D eigenvalue weighted by atomic mass is 19.4. The molecule has 0 aliphatic rings. The van der Waals surface area contributed by atoms with Crippen LogP contribution in [-0.4, -0.2) is 11.1 Å². The first-order valence-corrected chi connectivity index (χ1v) is 7.56. The quantitative estimate of drug-likeness (QED) is 0.891. The maximum absolute atomic E-state index is 12.7. The molecule has 0 radical (unpaired) electrons. The smallest absolute Gasteiger partial charge is 0.361 e. The van der Waals surface area contributed by atoms with Crippen molar-refractivity contribution in [3.63, 3.8) is 0 Å². The first-order valence-electron chi connectivity index (χ1n) is 7.56. The number of halogens is 3. The molecule has 0 aliphatic heterocycles. The molecule has 0 fully saturated rings. The van der Waals surface area contributed by atoms with Crippen LogP contribution < -0.4 is 5.32 Å². The van der Waals surface area contributed by atoms with Gasteiger partial charge in [-0.05, 0) is 44.9 Å². The zero-order valence-electron chi connectivity index (χ0n) is 13.7. The summed E-state index contributed by atoms with van der Waals surface area (Å²) in [5, 5.41) is 6.54. The summed E-state index contributed by atoms with van der Waals surface area (Å²) in [6.45, 7) is 5.23. The number of hydrogen-bond donors (Lipinski definition) is 1. The largest absolute Gasteiger partial charge is 0.416 e. The number of hydrogen-bond acceptors (Lipinski definition) is 3. The number of nitrogens with zero attached hydrogens (tertiary/aromatic N) is 1. The number of aryl methyl sites for hydroxylation is 2. The van der Waals surface area contributed by atoms with Gasteiger partial charge < -0.3 is 9.84 Å². The molecule has 1 amide bonds. The van der Waals surface area contributed by atoms with Crippen LogP contribution in [-0.2, 0) is 17.4 Å². The SMILES string of the molecule is Cc1noc(C)c1CCC(=O)NC(C)c1cccc(C(F)(F)F)c1. The van der Waals surface area contributed by atoms with Crippen molar-refractivity contribution in [1.82, 2.24) is 10.5 Å². The lowest BCUT2D eigenvalue weighted by molar-refractivity contribution is -0.137. The van der Waals surface area contributed by atoms with E-state index in [-0.39, 0.29) is 12.3 Å². The first-order chi connectivity index (χ1) is 11.2. The lowest BCUT2D eigenvalue weighted by Gasteiger charge is -2.16. The summed E-state index contributed by atoms with van der Waals surface area (Å²) in [4.78, 5) is 12.0. The van der Waals surface area contributed by atoms with Crippen molar-refractivity contribution in [2.24, 2.45) is 0 Å². The van der Waals surface area contributed by atoms with E-state index >= 15 is 0 Å². The van der Waals surface area contributed by atoms with Crippen LogP contribution >= 0.6 is 0 Å². The Bertz CT molecular complexity index is 703. The molecule has 24 heavy (non-hydrogen) atoms. The third-order valence-corrected chi connectivity index (χ3v) is 3.87. The van der Waals surface area contributed by atoms with E-state index in [9.17, 15) is 18.0 Å². The van der Waals surface area contributed by atoms with Gasteiger partial charge in [-0.2, -0.15) is 13.2 Å². The molecule has 1 atom stereocenters. The highest BCUT2D eigenvalue weighted by molar-refractivity contribution is 5.76. The average molecular weight is 340 g/mol. The van der Waals surface area contributed by atoms with Crippen LogP contribution in [0.25, 0.3) is 0 Å². The van der Waals surface area contributed by atoms with Crippen LogP contribution in [0.2, 0.25) is 0 Å². The first kappa shape index (κ1) is 18.0. The normalized spacial score (nSPS) is 12.9. The Kier molecular flexibility index (Phi) is 5.31. The monoisotopic (exact) mass is 340 g/mol. The van der Waals surface area contributed by atoms with Gasteiger partial charge in [0.15, 0.2) is 0 Å². The number of amides is 1. The van der Waals surface area contributed by atoms with E-state index in [0.717, 1.165) is 23.4 Å². The molecule has 2 aromatic rings. The number of nitrogens with one attached hydrogen (secondary N) is 1. The second kappa shape index (κ2) is 7.07. The molecule has 0 aliphatic carbocycles. The molecule has 7 heteroatoms. The minimum absolute atomic E-state index is 0.214. The summed E-state index contributed by atoms with van der Waals surface area (Å²) >= 11 is 0. The summed E-state index contributed by atoms with van der Waals surface area (Å²) in [5.74, 6) is 0.436. The Morgan fingerprint density at radius 2 is 2.04 bits per heavy atom. The number of rotatable bonds is 5. The van der Waals surface area contributed by atoms with E-state index < -0.39 is 17.8 Å². The van der Waals surface area contributed by atoms with E-state index in [1.807, 2.05) is 0 Å². The number of aromatic nitrogens is 1. The number of carbonyl (C=O) groups excluding carboxylic acids is 1. The second-order valence-electron chi connectivity index (χ2n) is 5.72. The molecule has 1 unspecified atom stereocenters. The molecule has 1 heterocycles. The van der Waals surface area contributed by atoms with Gasteiger partial charge in [0.25, 0.3) is 0 Å². The Morgan fingerprint density at radius 3 is 2.62 bits per heavy atom. The van der Waals surface area contributed by atoms with Gasteiger partial charge in [-0.1, -0.05) is 17.3 Å². The van der Waals surface area contributed by atoms with Gasteiger partial charge >= 0.3 is 6.18 Å². The Morgan fingerprint density at radius 1 is 1.33 bits per heavy atom. The van der Waals surface area contributed by atoms with Crippen molar-refractivity contribution < 1.29 is 22.5 Å². The Balaban J connectivity index is 1.97. The molecule has 1 aromatic carbocycles. The van der Waals surface area contributed by atoms with Crippen LogP contribution in [0.4, 0.5) is 13.2 Å². The van der Waals surface area contributed by atoms with E-state index in [1.54, 1.807) is 26.8 Å². The minimum atomic E-state index is -4.40. The van der Waals surface area contributed by atoms with Gasteiger partial charge in [-0.3, -0.25) is 4.79 Å². The van der Waals surface area contributed by atoms with Crippen LogP contribution in [0, 0.1) is 13.8 Å². The van der Waals surface area contributed by atoms with Gasteiger partial charge in [0, 0.05) is 12.0 Å². The van der Waals surface area contributed by atoms with Gasteiger partial charge in [-0.15, -0.1) is 0 Å². The fourth-order valence-electron chi connectivity index (χ4n) is 2.48. The average Bonchev–Trinajstić information content (AvgIpc) is 2.83. The lowest BCUT2D eigenvalue weighted by atomic mass is 10.0. The number of carbonyl (C=O) groups is 1. The molecule has 0 saturated carbocycles. The van der Waals surface area contributed by atoms with Crippen molar-refractivity contribution in [1.29, 1.82) is 0 Å². The summed E-state index contributed by atoms with van der Waals surface area (Å²) in [6.07, 6.45) is -3.71. The fourth-order valence-corrected chi connectivity index (χ4v) is 2.48. The van der Waals surface area contributed by atoms with E-state index in [4.69, 9.17) is 4.52 Å². The summed E-state index contributed by atoms with van der Waals surface area (Å²) in [5.41, 5.74) is 1.32. The Labute approximate surface area is 138 Å². The van der Waals surface area contributed by atoms with Crippen LogP contribution in [0.1, 0.15) is 47.5 Å². The number of benzene rings is 1. The maximum Gasteiger partial charge on any atom is 0.416 e. The molecule has 1 aromatic heterocycles. The standard InChI is InChI=1S/C17H19F3N2O2/c1-10(13-5-4-6-14(9-13)17(18,19)20)21-16(23)8-7-15-11(2)22-24-12(15)3/h4-6,9-10H,7-8H2,1-3H3,(H,21,23). The summed E-state index contributed by atoms with van der Waals surface area (Å²) in [7, 11) is 0. The van der Waals surface area contributed by atoms with E-state index in [2.05, 4.69) is 10.5 Å². The van der Waals surface area contributed by atoms with E-state index in [0.29, 0.717) is 17.7 Å². The molecule has 0 bridgehead atoms. The molecular weight excluding hydrogens is 321 g/mol. The van der Waals surface area contributed by atoms with Gasteiger partial charge in [0.2, 0.25) is 5.91 Å². The maximum atomic E-state index is 12.7. The predicted octanol–water partition coefficient (Wildman–Crippen LogP) is 4.12. The molecule has 0 spiro atoms. The Hall–Kier alpha value is -2.31. The molecule has 4 nitrogen and oxygen atoms in total. The van der Waals surface area contributed by atoms with Crippen molar-refractivity contribution in [2.75, 3.05) is 0 Å². The van der Waals surface area contributed by atoms with Crippen LogP contribution in [0.15, 0.2) is 28.8 Å². The molecular formula is C17H19F3N2O2. The van der Waals surface area contributed by atoms with Gasteiger partial charge in [-0.25, -0.2) is 0 Å². The zero-order valence-corrected chi connectivity index (χ0v) is 13.7. The summed E-state index contributed by atoms with van der Waals surface area (Å²) in [6, 6.07) is 4.46. The second-order valence-corrected chi connectivity index (χ2v) is 5.72. The van der Waals surface area contributed by atoms with Crippen molar-refractivity contribution >= 4 is 5.91 Å². The summed E-state index contributed by atoms with van der Waals surface area (Å²) < 4.78 is 43.3. The molecule has 0 saturated heterocycles. The molecule has 1 N–H and O–H groups in total. The molecule has 2 rings (SSSR count). The van der Waals surface area contributed by atoms with Crippen LogP contribution in [0.3, 0.4) is 0 Å². The zero-order chi connectivity index (χ0) is 17.9. The highest BCUT2D eigenvalue weighted by Crippen LogP contribution is 2.30. The lowest BCUT2D eigenvalue weighted by Crippen LogP contribution is -2.27. The molecule has 130 valence electrons. The minimum Gasteiger partial charge on any atom is -0.361 e. The van der Waals surface area contributed by atoms with E-state index in [1.165, 1.54) is 6.07 Å². The third kappa shape index (κ3) is 4.37. The number of alkyl halides is 3. The van der Waals surface area contributed by atoms with Crippen molar-refractivity contribution in [3.05, 3.63) is 52.4 Å².